The van der Waals surface area contributed by atoms with Crippen LogP contribution in [0.25, 0.3) is 0 Å². The molecule has 0 spiro atoms. The van der Waals surface area contributed by atoms with Crippen LogP contribution >= 0.6 is 0 Å². The fourth-order valence-electron chi connectivity index (χ4n) is 2.17. The minimum absolute atomic E-state index is 0.174. The summed E-state index contributed by atoms with van der Waals surface area (Å²) in [5.74, 6) is 0.403. The van der Waals surface area contributed by atoms with Gasteiger partial charge in [-0.1, -0.05) is 33.6 Å². The van der Waals surface area contributed by atoms with Crippen LogP contribution in [0.5, 0.6) is 0 Å². The third kappa shape index (κ3) is 1.72. The van der Waals surface area contributed by atoms with Crippen molar-refractivity contribution < 1.29 is 4.79 Å². The Kier molecular flexibility index (Phi) is 2.99. The fourth-order valence-corrected chi connectivity index (χ4v) is 2.17. The van der Waals surface area contributed by atoms with Crippen LogP contribution in [0.4, 0.5) is 0 Å². The highest BCUT2D eigenvalue weighted by Crippen LogP contribution is 2.40. The molecule has 1 rings (SSSR count). The van der Waals surface area contributed by atoms with Gasteiger partial charge in [0, 0.05) is 12.0 Å². The van der Waals surface area contributed by atoms with Crippen LogP contribution in [0, 0.1) is 11.3 Å². The maximum absolute atomic E-state index is 11.5. The van der Waals surface area contributed by atoms with Gasteiger partial charge in [-0.25, -0.2) is 0 Å². The molecule has 0 saturated carbocycles. The molecular formula is C11H21NO. The van der Waals surface area contributed by atoms with E-state index in [1.165, 1.54) is 12.8 Å². The third-order valence-corrected chi connectivity index (χ3v) is 3.80. The predicted octanol–water partition coefficient (Wildman–Crippen LogP) is 2.34. The number of amides is 1. The summed E-state index contributed by atoms with van der Waals surface area (Å²) in [7, 11) is 0. The first-order valence-electron chi connectivity index (χ1n) is 5.32. The lowest BCUT2D eigenvalue weighted by Gasteiger charge is -2.31. The Morgan fingerprint density at radius 2 is 2.08 bits per heavy atom. The number of hydrogen-bond donors (Lipinski definition) is 1. The maximum Gasteiger partial charge on any atom is 0.223 e. The van der Waals surface area contributed by atoms with Crippen molar-refractivity contribution in [3.63, 3.8) is 0 Å². The zero-order valence-electron chi connectivity index (χ0n) is 9.18. The van der Waals surface area contributed by atoms with Crippen molar-refractivity contribution in [3.8, 4) is 0 Å². The van der Waals surface area contributed by atoms with Crippen LogP contribution in [-0.2, 0) is 4.79 Å². The molecule has 0 aliphatic carbocycles. The van der Waals surface area contributed by atoms with Gasteiger partial charge < -0.3 is 5.32 Å². The summed E-state index contributed by atoms with van der Waals surface area (Å²) < 4.78 is 0. The molecule has 0 aromatic heterocycles. The Balaban J connectivity index is 2.69. The number of carbonyl (C=O) groups is 1. The normalized spacial score (nSPS) is 39.2. The first-order valence-corrected chi connectivity index (χ1v) is 5.32. The molecule has 2 nitrogen and oxygen atoms in total. The zero-order valence-corrected chi connectivity index (χ0v) is 9.18. The molecule has 13 heavy (non-hydrogen) atoms. The van der Waals surface area contributed by atoms with Gasteiger partial charge in [0.2, 0.25) is 5.91 Å². The van der Waals surface area contributed by atoms with Crippen LogP contribution in [0.2, 0.25) is 0 Å². The highest BCUT2D eigenvalue weighted by molar-refractivity contribution is 5.82. The minimum Gasteiger partial charge on any atom is -0.353 e. The number of hydrogen-bond acceptors (Lipinski definition) is 1. The van der Waals surface area contributed by atoms with Crippen LogP contribution in [-0.4, -0.2) is 11.9 Å². The van der Waals surface area contributed by atoms with Gasteiger partial charge in [0.05, 0.1) is 0 Å². The van der Waals surface area contributed by atoms with E-state index >= 15 is 0 Å². The largest absolute Gasteiger partial charge is 0.353 e. The Morgan fingerprint density at radius 1 is 1.46 bits per heavy atom. The van der Waals surface area contributed by atoms with E-state index in [2.05, 4.69) is 33.0 Å². The van der Waals surface area contributed by atoms with Gasteiger partial charge in [0.15, 0.2) is 0 Å². The summed E-state index contributed by atoms with van der Waals surface area (Å²) in [4.78, 5) is 11.5. The van der Waals surface area contributed by atoms with Gasteiger partial charge >= 0.3 is 0 Å². The summed E-state index contributed by atoms with van der Waals surface area (Å²) in [6.07, 6.45) is 3.59. The first kappa shape index (κ1) is 10.6. The highest BCUT2D eigenvalue weighted by atomic mass is 16.2. The van der Waals surface area contributed by atoms with Gasteiger partial charge in [0.25, 0.3) is 0 Å². The van der Waals surface area contributed by atoms with Crippen molar-refractivity contribution in [2.75, 3.05) is 0 Å². The molecular weight excluding hydrogens is 162 g/mol. The molecule has 76 valence electrons. The summed E-state index contributed by atoms with van der Waals surface area (Å²) in [6.45, 7) is 8.60. The molecule has 1 fully saturated rings. The smallest absolute Gasteiger partial charge is 0.223 e. The van der Waals surface area contributed by atoms with Crippen LogP contribution in [0.3, 0.4) is 0 Å². The second kappa shape index (κ2) is 3.69. The van der Waals surface area contributed by atoms with E-state index in [1.54, 1.807) is 0 Å². The lowest BCUT2D eigenvalue weighted by molar-refractivity contribution is -0.123. The van der Waals surface area contributed by atoms with E-state index in [9.17, 15) is 4.79 Å². The van der Waals surface area contributed by atoms with E-state index in [0.717, 1.165) is 6.42 Å². The van der Waals surface area contributed by atoms with E-state index in [4.69, 9.17) is 0 Å². The van der Waals surface area contributed by atoms with E-state index in [-0.39, 0.29) is 17.2 Å². The second-order valence-corrected chi connectivity index (χ2v) is 4.56. The van der Waals surface area contributed by atoms with Gasteiger partial charge in [0.1, 0.15) is 0 Å². The topological polar surface area (TPSA) is 29.1 Å². The molecule has 1 aliphatic heterocycles. The first-order chi connectivity index (χ1) is 6.02. The molecule has 0 radical (unpaired) electrons. The van der Waals surface area contributed by atoms with Crippen LogP contribution in [0.15, 0.2) is 0 Å². The second-order valence-electron chi connectivity index (χ2n) is 4.56. The van der Waals surface area contributed by atoms with Crippen molar-refractivity contribution in [2.45, 2.75) is 53.0 Å². The van der Waals surface area contributed by atoms with Crippen molar-refractivity contribution in [2.24, 2.45) is 11.3 Å². The van der Waals surface area contributed by atoms with Crippen molar-refractivity contribution in [1.29, 1.82) is 0 Å². The summed E-state index contributed by atoms with van der Waals surface area (Å²) in [5, 5.41) is 3.03. The molecule has 1 saturated heterocycles. The number of unbranched alkanes of at least 4 members (excludes halogenated alkanes) is 1. The van der Waals surface area contributed by atoms with Crippen molar-refractivity contribution >= 4 is 5.91 Å². The number of nitrogens with one attached hydrogen (secondary N) is 1. The SMILES string of the molecule is CCCCC1(C)C(C)NC(=O)C1C. The van der Waals surface area contributed by atoms with E-state index in [0.29, 0.717) is 6.04 Å². The van der Waals surface area contributed by atoms with Crippen molar-refractivity contribution in [3.05, 3.63) is 0 Å². The monoisotopic (exact) mass is 183 g/mol. The zero-order chi connectivity index (χ0) is 10.1. The van der Waals surface area contributed by atoms with Crippen LogP contribution in [0.1, 0.15) is 47.0 Å². The summed E-state index contributed by atoms with van der Waals surface area (Å²) >= 11 is 0. The number of rotatable bonds is 3. The molecule has 1 heterocycles. The lowest BCUT2D eigenvalue weighted by atomic mass is 9.72. The average Bonchev–Trinajstić information content (AvgIpc) is 2.28. The highest BCUT2D eigenvalue weighted by Gasteiger charge is 2.46. The molecule has 0 bridgehead atoms. The maximum atomic E-state index is 11.5. The van der Waals surface area contributed by atoms with Gasteiger partial charge in [-0.3, -0.25) is 4.79 Å². The molecule has 2 heteroatoms. The van der Waals surface area contributed by atoms with Gasteiger partial charge in [-0.15, -0.1) is 0 Å². The predicted molar refractivity (Wildman–Crippen MR) is 54.4 cm³/mol. The molecule has 3 atom stereocenters. The van der Waals surface area contributed by atoms with Gasteiger partial charge in [-0.05, 0) is 18.8 Å². The Bertz CT molecular complexity index is 202. The van der Waals surface area contributed by atoms with E-state index < -0.39 is 0 Å². The molecule has 1 aliphatic rings. The fraction of sp³-hybridized carbons (Fsp3) is 0.909. The Labute approximate surface area is 81.1 Å². The lowest BCUT2D eigenvalue weighted by Crippen LogP contribution is -2.33. The van der Waals surface area contributed by atoms with Crippen LogP contribution < -0.4 is 5.32 Å². The minimum atomic E-state index is 0.174. The molecule has 3 unspecified atom stereocenters. The quantitative estimate of drug-likeness (QED) is 0.715. The average molecular weight is 183 g/mol. The molecule has 1 N–H and O–H groups in total. The molecule has 0 aromatic rings. The Hall–Kier alpha value is -0.530. The third-order valence-electron chi connectivity index (χ3n) is 3.80. The van der Waals surface area contributed by atoms with Crippen molar-refractivity contribution in [1.82, 2.24) is 5.32 Å². The molecule has 1 amide bonds. The summed E-state index contributed by atoms with van der Waals surface area (Å²) in [5.41, 5.74) is 0.174. The Morgan fingerprint density at radius 3 is 2.46 bits per heavy atom. The number of carbonyl (C=O) groups excluding carboxylic acids is 1. The van der Waals surface area contributed by atoms with E-state index in [1.807, 2.05) is 0 Å². The molecule has 0 aromatic carbocycles. The summed E-state index contributed by atoms with van der Waals surface area (Å²) in [6, 6.07) is 0.335. The standard InChI is InChI=1S/C11H21NO/c1-5-6-7-11(4)8(2)10(13)12-9(11)3/h8-9H,5-7H2,1-4H3,(H,12,13). The van der Waals surface area contributed by atoms with Gasteiger partial charge in [-0.2, -0.15) is 0 Å².